The van der Waals surface area contributed by atoms with Crippen molar-refractivity contribution in [1.82, 2.24) is 14.7 Å². The second kappa shape index (κ2) is 13.5. The molecule has 2 amide bonds. The van der Waals surface area contributed by atoms with Gasteiger partial charge >= 0.3 is 0 Å². The summed E-state index contributed by atoms with van der Waals surface area (Å²) in [4.78, 5) is 31.8. The number of ether oxygens (including phenoxy) is 1. The predicted molar refractivity (Wildman–Crippen MR) is 138 cm³/mol. The van der Waals surface area contributed by atoms with Crippen LogP contribution in [0.2, 0.25) is 0 Å². The van der Waals surface area contributed by atoms with Crippen molar-refractivity contribution in [3.8, 4) is 5.75 Å². The summed E-state index contributed by atoms with van der Waals surface area (Å²) in [6.45, 7) is 9.39. The Morgan fingerprint density at radius 3 is 2.50 bits per heavy atom. The normalized spacial score (nSPS) is 17.6. The van der Waals surface area contributed by atoms with Crippen molar-refractivity contribution in [2.45, 2.75) is 52.4 Å². The van der Waals surface area contributed by atoms with Crippen LogP contribution in [0.4, 0.5) is 0 Å². The van der Waals surface area contributed by atoms with Gasteiger partial charge in [-0.25, -0.2) is 0 Å². The van der Waals surface area contributed by atoms with Gasteiger partial charge in [0.1, 0.15) is 5.75 Å². The Hall–Kier alpha value is -2.34. The minimum atomic E-state index is -0.0333. The fraction of sp³-hybridized carbons (Fsp3) is 0.643. The molecule has 6 nitrogen and oxygen atoms in total. The van der Waals surface area contributed by atoms with Crippen LogP contribution in [0.1, 0.15) is 57.9 Å². The molecule has 1 saturated heterocycles. The van der Waals surface area contributed by atoms with Gasteiger partial charge < -0.3 is 14.5 Å². The topological polar surface area (TPSA) is 53.1 Å². The highest BCUT2D eigenvalue weighted by Crippen LogP contribution is 2.28. The number of methoxy groups -OCH3 is 1. The number of nitrogens with zero attached hydrogens (tertiary/aromatic N) is 3. The molecule has 0 N–H and O–H groups in total. The molecule has 1 aromatic carbocycles. The molecule has 0 radical (unpaired) electrons. The monoisotopic (exact) mass is 469 g/mol. The van der Waals surface area contributed by atoms with Gasteiger partial charge in [0.25, 0.3) is 0 Å². The molecule has 1 heterocycles. The number of hydrogen-bond donors (Lipinski definition) is 0. The number of benzene rings is 1. The Kier molecular flexibility index (Phi) is 10.4. The predicted octanol–water partition coefficient (Wildman–Crippen LogP) is 4.31. The minimum absolute atomic E-state index is 0.0333. The lowest BCUT2D eigenvalue weighted by Crippen LogP contribution is -2.50. The summed E-state index contributed by atoms with van der Waals surface area (Å²) in [5, 5.41) is 0. The summed E-state index contributed by atoms with van der Waals surface area (Å²) in [6, 6.07) is 7.89. The van der Waals surface area contributed by atoms with Crippen LogP contribution < -0.4 is 4.74 Å². The van der Waals surface area contributed by atoms with Crippen LogP contribution in [0.3, 0.4) is 0 Å². The van der Waals surface area contributed by atoms with Crippen LogP contribution in [0.15, 0.2) is 30.3 Å². The molecule has 2 fully saturated rings. The van der Waals surface area contributed by atoms with Crippen molar-refractivity contribution in [2.75, 3.05) is 52.9 Å². The van der Waals surface area contributed by atoms with Crippen LogP contribution in [-0.4, -0.2) is 79.4 Å². The van der Waals surface area contributed by atoms with E-state index in [-0.39, 0.29) is 11.8 Å². The van der Waals surface area contributed by atoms with E-state index in [1.165, 1.54) is 25.7 Å². The Balaban J connectivity index is 1.44. The molecule has 1 aliphatic carbocycles. The smallest absolute Gasteiger partial charge is 0.225 e. The van der Waals surface area contributed by atoms with Crippen LogP contribution in [0, 0.1) is 11.8 Å². The molecule has 0 bridgehead atoms. The first-order valence-corrected chi connectivity index (χ1v) is 13.1. The first kappa shape index (κ1) is 26.3. The van der Waals surface area contributed by atoms with Crippen LogP contribution >= 0.6 is 0 Å². The first-order valence-electron chi connectivity index (χ1n) is 13.1. The van der Waals surface area contributed by atoms with Crippen LogP contribution in [0.25, 0.3) is 6.08 Å². The van der Waals surface area contributed by atoms with Gasteiger partial charge in [-0.2, -0.15) is 0 Å². The third-order valence-electron chi connectivity index (χ3n) is 7.22. The van der Waals surface area contributed by atoms with Gasteiger partial charge in [0.2, 0.25) is 11.8 Å². The highest BCUT2D eigenvalue weighted by atomic mass is 16.5. The Morgan fingerprint density at radius 2 is 1.82 bits per heavy atom. The highest BCUT2D eigenvalue weighted by Gasteiger charge is 2.24. The number of carbonyl (C=O) groups excluding carboxylic acids is 2. The average molecular weight is 470 g/mol. The molecule has 1 aliphatic heterocycles. The zero-order chi connectivity index (χ0) is 24.3. The number of hydrogen-bond acceptors (Lipinski definition) is 4. The SMILES string of the molecule is COc1ccccc1/C=C/CN(CCN1CCN(C(=O)CCC2CCCC2)CC1)C(=O)C(C)C. The minimum Gasteiger partial charge on any atom is -0.496 e. The van der Waals surface area contributed by atoms with Gasteiger partial charge in [0.15, 0.2) is 0 Å². The van der Waals surface area contributed by atoms with Crippen LogP contribution in [0.5, 0.6) is 5.75 Å². The Labute approximate surface area is 205 Å². The molecule has 34 heavy (non-hydrogen) atoms. The van der Waals surface area contributed by atoms with E-state index >= 15 is 0 Å². The van der Waals surface area contributed by atoms with Gasteiger partial charge in [-0.3, -0.25) is 14.5 Å². The fourth-order valence-corrected chi connectivity index (χ4v) is 5.04. The molecular formula is C28H43N3O3. The van der Waals surface area contributed by atoms with Crippen molar-refractivity contribution in [2.24, 2.45) is 11.8 Å². The second-order valence-electron chi connectivity index (χ2n) is 9.99. The number of piperazine rings is 1. The van der Waals surface area contributed by atoms with E-state index < -0.39 is 0 Å². The van der Waals surface area contributed by atoms with E-state index in [1.54, 1.807) is 7.11 Å². The van der Waals surface area contributed by atoms with E-state index in [9.17, 15) is 9.59 Å². The lowest BCUT2D eigenvalue weighted by Gasteiger charge is -2.36. The first-order chi connectivity index (χ1) is 16.5. The van der Waals surface area contributed by atoms with Gasteiger partial charge in [-0.15, -0.1) is 0 Å². The maximum absolute atomic E-state index is 12.8. The van der Waals surface area contributed by atoms with Crippen LogP contribution in [-0.2, 0) is 9.59 Å². The Bertz CT molecular complexity index is 809. The lowest BCUT2D eigenvalue weighted by atomic mass is 10.0. The van der Waals surface area contributed by atoms with E-state index in [0.29, 0.717) is 25.4 Å². The maximum Gasteiger partial charge on any atom is 0.225 e. The van der Waals surface area contributed by atoms with E-state index in [1.807, 2.05) is 60.1 Å². The molecule has 0 aromatic heterocycles. The lowest BCUT2D eigenvalue weighted by molar-refractivity contribution is -0.134. The third kappa shape index (κ3) is 7.86. The van der Waals surface area contributed by atoms with E-state index in [4.69, 9.17) is 4.74 Å². The molecule has 6 heteroatoms. The number of rotatable bonds is 11. The Morgan fingerprint density at radius 1 is 1.12 bits per heavy atom. The summed E-state index contributed by atoms with van der Waals surface area (Å²) in [7, 11) is 1.67. The van der Waals surface area contributed by atoms with Gasteiger partial charge in [-0.1, -0.05) is 69.9 Å². The molecule has 2 aliphatic rings. The average Bonchev–Trinajstić information content (AvgIpc) is 3.38. The summed E-state index contributed by atoms with van der Waals surface area (Å²) >= 11 is 0. The van der Waals surface area contributed by atoms with Crippen molar-refractivity contribution in [3.63, 3.8) is 0 Å². The molecule has 188 valence electrons. The standard InChI is InChI=1S/C28H43N3O3/c1-23(2)28(33)31(16-8-12-25-11-6-7-13-26(25)34-3)22-19-29-17-20-30(21-18-29)27(32)15-14-24-9-4-5-10-24/h6-8,11-13,23-24H,4-5,9-10,14-22H2,1-3H3/b12-8+. The maximum atomic E-state index is 12.8. The zero-order valence-corrected chi connectivity index (χ0v) is 21.4. The van der Waals surface area contributed by atoms with E-state index in [2.05, 4.69) is 4.90 Å². The summed E-state index contributed by atoms with van der Waals surface area (Å²) < 4.78 is 5.42. The van der Waals surface area contributed by atoms with Crippen molar-refractivity contribution < 1.29 is 14.3 Å². The molecule has 1 saturated carbocycles. The molecule has 1 aromatic rings. The highest BCUT2D eigenvalue weighted by molar-refractivity contribution is 5.78. The largest absolute Gasteiger partial charge is 0.496 e. The molecule has 0 unspecified atom stereocenters. The van der Waals surface area contributed by atoms with E-state index in [0.717, 1.165) is 56.4 Å². The number of para-hydroxylation sites is 1. The fourth-order valence-electron chi connectivity index (χ4n) is 5.04. The number of carbonyl (C=O) groups is 2. The van der Waals surface area contributed by atoms with Gasteiger partial charge in [-0.05, 0) is 18.4 Å². The third-order valence-corrected chi connectivity index (χ3v) is 7.22. The molecular weight excluding hydrogens is 426 g/mol. The molecule has 3 rings (SSSR count). The molecule has 0 spiro atoms. The quantitative estimate of drug-likeness (QED) is 0.485. The summed E-state index contributed by atoms with van der Waals surface area (Å²) in [5.74, 6) is 2.06. The van der Waals surface area contributed by atoms with Crippen molar-refractivity contribution in [3.05, 3.63) is 35.9 Å². The van der Waals surface area contributed by atoms with Crippen molar-refractivity contribution in [1.29, 1.82) is 0 Å². The zero-order valence-electron chi connectivity index (χ0n) is 21.4. The second-order valence-corrected chi connectivity index (χ2v) is 9.99. The summed E-state index contributed by atoms with van der Waals surface area (Å²) in [5.41, 5.74) is 1.01. The number of amides is 2. The van der Waals surface area contributed by atoms with Gasteiger partial charge in [0, 0.05) is 63.7 Å². The summed E-state index contributed by atoms with van der Waals surface area (Å²) in [6.07, 6.45) is 11.1. The van der Waals surface area contributed by atoms with Crippen molar-refractivity contribution >= 4 is 17.9 Å². The van der Waals surface area contributed by atoms with Gasteiger partial charge in [0.05, 0.1) is 7.11 Å². The molecule has 0 atom stereocenters.